The van der Waals surface area contributed by atoms with Crippen LogP contribution in [0.15, 0.2) is 53.0 Å². The first-order valence-corrected chi connectivity index (χ1v) is 9.46. The van der Waals surface area contributed by atoms with Crippen LogP contribution in [-0.2, 0) is 9.53 Å². The Morgan fingerprint density at radius 3 is 2.54 bits per heavy atom. The van der Waals surface area contributed by atoms with Gasteiger partial charge in [-0.2, -0.15) is 0 Å². The lowest BCUT2D eigenvalue weighted by molar-refractivity contribution is -0.116. The molecule has 9 heteroatoms. The fourth-order valence-electron chi connectivity index (χ4n) is 2.64. The largest absolute Gasteiger partial charge is 0.447 e. The predicted octanol–water partition coefficient (Wildman–Crippen LogP) is 3.56. The summed E-state index contributed by atoms with van der Waals surface area (Å²) in [4.78, 5) is 37.3. The van der Waals surface area contributed by atoms with E-state index in [2.05, 4.69) is 31.9 Å². The number of carbonyl (C=O) groups is 3. The van der Waals surface area contributed by atoms with Crippen LogP contribution in [-0.4, -0.2) is 37.7 Å². The molecule has 1 heterocycles. The summed E-state index contributed by atoms with van der Waals surface area (Å²) < 4.78 is 5.86. The molecule has 0 saturated carbocycles. The highest BCUT2D eigenvalue weighted by atomic mass is 79.9. The van der Waals surface area contributed by atoms with E-state index in [1.807, 2.05) is 12.1 Å². The monoisotopic (exact) mass is 446 g/mol. The minimum atomic E-state index is -0.437. The van der Waals surface area contributed by atoms with Crippen molar-refractivity contribution in [2.45, 2.75) is 6.42 Å². The number of anilines is 3. The zero-order valence-electron chi connectivity index (χ0n) is 14.9. The number of para-hydroxylation sites is 2. The average Bonchev–Trinajstić information content (AvgIpc) is 3.10. The van der Waals surface area contributed by atoms with Gasteiger partial charge in [0.2, 0.25) is 5.91 Å². The van der Waals surface area contributed by atoms with Gasteiger partial charge in [-0.15, -0.1) is 0 Å². The van der Waals surface area contributed by atoms with E-state index in [0.29, 0.717) is 30.2 Å². The van der Waals surface area contributed by atoms with Crippen molar-refractivity contribution in [3.8, 4) is 0 Å². The zero-order chi connectivity index (χ0) is 19.9. The third-order valence-electron chi connectivity index (χ3n) is 3.97. The molecule has 4 amide bonds. The molecular formula is C19H19BrN4O4. The Hall–Kier alpha value is -3.07. The molecule has 1 fully saturated rings. The number of halogens is 1. The van der Waals surface area contributed by atoms with E-state index in [4.69, 9.17) is 4.74 Å². The van der Waals surface area contributed by atoms with Gasteiger partial charge >= 0.3 is 12.1 Å². The number of nitrogens with one attached hydrogen (secondary N) is 3. The molecule has 8 nitrogen and oxygen atoms in total. The van der Waals surface area contributed by atoms with Gasteiger partial charge < -0.3 is 20.7 Å². The number of cyclic esters (lactones) is 1. The Morgan fingerprint density at radius 1 is 1.07 bits per heavy atom. The van der Waals surface area contributed by atoms with Crippen LogP contribution < -0.4 is 20.9 Å². The maximum absolute atomic E-state index is 12.2. The Bertz CT molecular complexity index is 872. The summed E-state index contributed by atoms with van der Waals surface area (Å²) >= 11 is 3.33. The summed E-state index contributed by atoms with van der Waals surface area (Å²) in [6.07, 6.45) is -0.347. The molecule has 1 aliphatic heterocycles. The van der Waals surface area contributed by atoms with Crippen LogP contribution in [0.5, 0.6) is 0 Å². The first-order valence-electron chi connectivity index (χ1n) is 8.66. The Balaban J connectivity index is 1.48. The molecule has 2 aromatic rings. The number of carbonyl (C=O) groups excluding carboxylic acids is 3. The molecule has 0 radical (unpaired) electrons. The zero-order valence-corrected chi connectivity index (χ0v) is 16.5. The topological polar surface area (TPSA) is 99.8 Å². The Morgan fingerprint density at radius 2 is 1.82 bits per heavy atom. The smallest absolute Gasteiger partial charge is 0.414 e. The van der Waals surface area contributed by atoms with Crippen molar-refractivity contribution < 1.29 is 19.1 Å². The fraction of sp³-hybridized carbons (Fsp3) is 0.211. The summed E-state index contributed by atoms with van der Waals surface area (Å²) in [6.45, 7) is 0.921. The van der Waals surface area contributed by atoms with E-state index in [-0.39, 0.29) is 18.9 Å². The minimum Gasteiger partial charge on any atom is -0.447 e. The molecule has 3 rings (SSSR count). The quantitative estimate of drug-likeness (QED) is 0.631. The van der Waals surface area contributed by atoms with E-state index in [0.717, 1.165) is 4.47 Å². The van der Waals surface area contributed by atoms with Gasteiger partial charge in [0.05, 0.1) is 17.9 Å². The van der Waals surface area contributed by atoms with Crippen LogP contribution in [0.3, 0.4) is 0 Å². The van der Waals surface area contributed by atoms with E-state index in [9.17, 15) is 14.4 Å². The number of ether oxygens (including phenoxy) is 1. The molecule has 28 heavy (non-hydrogen) atoms. The molecule has 3 N–H and O–H groups in total. The molecule has 2 aromatic carbocycles. The van der Waals surface area contributed by atoms with Gasteiger partial charge in [0, 0.05) is 23.1 Å². The van der Waals surface area contributed by atoms with Crippen molar-refractivity contribution in [3.05, 3.63) is 53.0 Å². The maximum atomic E-state index is 12.2. The molecule has 146 valence electrons. The molecule has 1 saturated heterocycles. The van der Waals surface area contributed by atoms with Gasteiger partial charge in [-0.1, -0.05) is 28.1 Å². The molecule has 1 aliphatic rings. The van der Waals surface area contributed by atoms with Gasteiger partial charge in [0.25, 0.3) is 0 Å². The van der Waals surface area contributed by atoms with Crippen LogP contribution in [0, 0.1) is 0 Å². The SMILES string of the molecule is O=C(CCNC(=O)Nc1ccc(Br)cc1)Nc1ccccc1N1CCOC1=O. The van der Waals surface area contributed by atoms with E-state index < -0.39 is 12.1 Å². The van der Waals surface area contributed by atoms with Gasteiger partial charge in [-0.3, -0.25) is 9.69 Å². The maximum Gasteiger partial charge on any atom is 0.414 e. The van der Waals surface area contributed by atoms with Crippen molar-refractivity contribution in [1.29, 1.82) is 0 Å². The van der Waals surface area contributed by atoms with Gasteiger partial charge in [0.1, 0.15) is 6.61 Å². The van der Waals surface area contributed by atoms with Crippen molar-refractivity contribution in [3.63, 3.8) is 0 Å². The summed E-state index contributed by atoms with van der Waals surface area (Å²) in [5, 5.41) is 8.09. The lowest BCUT2D eigenvalue weighted by Gasteiger charge is -2.17. The Kier molecular flexibility index (Phi) is 6.49. The highest BCUT2D eigenvalue weighted by molar-refractivity contribution is 9.10. The summed E-state index contributed by atoms with van der Waals surface area (Å²) in [7, 11) is 0. The number of rotatable bonds is 6. The van der Waals surface area contributed by atoms with Crippen LogP contribution in [0.2, 0.25) is 0 Å². The van der Waals surface area contributed by atoms with E-state index >= 15 is 0 Å². The fourth-order valence-corrected chi connectivity index (χ4v) is 2.90. The van der Waals surface area contributed by atoms with E-state index in [1.165, 1.54) is 4.90 Å². The molecule has 0 aliphatic carbocycles. The second-order valence-corrected chi connectivity index (χ2v) is 6.88. The van der Waals surface area contributed by atoms with Crippen molar-refractivity contribution >= 4 is 51.0 Å². The number of hydrogen-bond donors (Lipinski definition) is 3. The second kappa shape index (κ2) is 9.23. The molecule has 0 bridgehead atoms. The molecule has 0 unspecified atom stereocenters. The highest BCUT2D eigenvalue weighted by Gasteiger charge is 2.25. The number of hydrogen-bond acceptors (Lipinski definition) is 4. The summed E-state index contributed by atoms with van der Waals surface area (Å²) in [5.41, 5.74) is 1.75. The normalized spacial score (nSPS) is 13.0. The van der Waals surface area contributed by atoms with Crippen LogP contribution in [0.1, 0.15) is 6.42 Å². The summed E-state index contributed by atoms with van der Waals surface area (Å²) in [6, 6.07) is 13.8. The third kappa shape index (κ3) is 5.23. The van der Waals surface area contributed by atoms with E-state index in [1.54, 1.807) is 36.4 Å². The van der Waals surface area contributed by atoms with Crippen LogP contribution in [0.4, 0.5) is 26.7 Å². The first-order chi connectivity index (χ1) is 13.5. The van der Waals surface area contributed by atoms with Gasteiger partial charge in [-0.05, 0) is 36.4 Å². The number of amides is 4. The summed E-state index contributed by atoms with van der Waals surface area (Å²) in [5.74, 6) is -0.274. The predicted molar refractivity (Wildman–Crippen MR) is 110 cm³/mol. The van der Waals surface area contributed by atoms with Crippen molar-refractivity contribution in [2.75, 3.05) is 35.2 Å². The Labute approximate surface area is 170 Å². The molecule has 0 spiro atoms. The average molecular weight is 447 g/mol. The standard InChI is InChI=1S/C19H19BrN4O4/c20-13-5-7-14(8-6-13)22-18(26)21-10-9-17(25)23-15-3-1-2-4-16(15)24-11-12-28-19(24)27/h1-8H,9-12H2,(H,23,25)(H2,21,22,26). The molecule has 0 atom stereocenters. The van der Waals surface area contributed by atoms with Crippen LogP contribution >= 0.6 is 15.9 Å². The van der Waals surface area contributed by atoms with Gasteiger partial charge in [0.15, 0.2) is 0 Å². The molecule has 0 aromatic heterocycles. The number of benzene rings is 2. The first kappa shape index (κ1) is 19.7. The third-order valence-corrected chi connectivity index (χ3v) is 4.50. The van der Waals surface area contributed by atoms with Crippen molar-refractivity contribution in [1.82, 2.24) is 5.32 Å². The minimum absolute atomic E-state index is 0.0898. The number of nitrogens with zero attached hydrogens (tertiary/aromatic N) is 1. The highest BCUT2D eigenvalue weighted by Crippen LogP contribution is 2.28. The van der Waals surface area contributed by atoms with Gasteiger partial charge in [-0.25, -0.2) is 9.59 Å². The lowest BCUT2D eigenvalue weighted by Crippen LogP contribution is -2.31. The lowest BCUT2D eigenvalue weighted by atomic mass is 10.2. The number of urea groups is 1. The second-order valence-electron chi connectivity index (χ2n) is 5.97. The van der Waals surface area contributed by atoms with Crippen molar-refractivity contribution in [2.24, 2.45) is 0 Å². The van der Waals surface area contributed by atoms with Crippen LogP contribution in [0.25, 0.3) is 0 Å². The molecular weight excluding hydrogens is 428 g/mol.